The second-order valence-electron chi connectivity index (χ2n) is 12.8. The molecule has 1 saturated carbocycles. The van der Waals surface area contributed by atoms with Crippen molar-refractivity contribution in [2.45, 2.75) is 70.9 Å². The molecule has 2 heterocycles. The number of benzene rings is 2. The molecule has 2 N–H and O–H groups in total. The summed E-state index contributed by atoms with van der Waals surface area (Å²) in [6.45, 7) is 9.29. The molecule has 9 nitrogen and oxygen atoms in total. The molecule has 9 heteroatoms. The van der Waals surface area contributed by atoms with E-state index >= 15 is 0 Å². The van der Waals surface area contributed by atoms with Crippen molar-refractivity contribution in [2.24, 2.45) is 5.92 Å². The lowest BCUT2D eigenvalue weighted by molar-refractivity contribution is 0.0270. The van der Waals surface area contributed by atoms with Gasteiger partial charge in [0.25, 0.3) is 0 Å². The minimum absolute atomic E-state index is 0.00650. The Hall–Kier alpha value is -4.11. The number of hydrogen-bond donors (Lipinski definition) is 2. The van der Waals surface area contributed by atoms with E-state index in [4.69, 9.17) is 14.6 Å². The zero-order valence-corrected chi connectivity index (χ0v) is 26.5. The molecule has 0 saturated heterocycles. The number of amides is 3. The minimum atomic E-state index is -0.544. The summed E-state index contributed by atoms with van der Waals surface area (Å²) in [6, 6.07) is 20.0. The molecule has 1 fully saturated rings. The third kappa shape index (κ3) is 7.50. The number of carbonyl (C=O) groups is 2. The first-order valence-electron chi connectivity index (χ1n) is 15.6. The Balaban J connectivity index is 1.37. The number of nitrogens with zero attached hydrogens (tertiary/aromatic N) is 3. The third-order valence-electron chi connectivity index (χ3n) is 8.45. The van der Waals surface area contributed by atoms with E-state index in [1.807, 2.05) is 70.2 Å². The molecule has 0 bridgehead atoms. The van der Waals surface area contributed by atoms with Gasteiger partial charge in [0.2, 0.25) is 0 Å². The lowest BCUT2D eigenvalue weighted by atomic mass is 9.93. The molecule has 3 amide bonds. The van der Waals surface area contributed by atoms with Crippen LogP contribution in [0.2, 0.25) is 0 Å². The quantitative estimate of drug-likeness (QED) is 0.293. The van der Waals surface area contributed by atoms with Crippen LogP contribution in [0.5, 0.6) is 0 Å². The predicted octanol–water partition coefficient (Wildman–Crippen LogP) is 6.93. The van der Waals surface area contributed by atoms with E-state index in [2.05, 4.69) is 34.9 Å². The fourth-order valence-corrected chi connectivity index (χ4v) is 6.28. The SMILES string of the molecule is COCC[C@@H]1C[C@@H](NC(=O)Nc2c(C)c(C3=CCN(C(=O)OC(C)(C)C)CC3)nn2-c2ccccc2)[C@H](c2ccccc2)C1. The molecule has 3 aromatic rings. The van der Waals surface area contributed by atoms with Gasteiger partial charge in [-0.2, -0.15) is 5.10 Å². The van der Waals surface area contributed by atoms with Gasteiger partial charge in [-0.05, 0) is 82.6 Å². The molecule has 44 heavy (non-hydrogen) atoms. The highest BCUT2D eigenvalue weighted by Crippen LogP contribution is 2.40. The summed E-state index contributed by atoms with van der Waals surface area (Å²) < 4.78 is 12.7. The lowest BCUT2D eigenvalue weighted by Crippen LogP contribution is -2.40. The van der Waals surface area contributed by atoms with Gasteiger partial charge >= 0.3 is 12.1 Å². The van der Waals surface area contributed by atoms with Crippen LogP contribution in [0.15, 0.2) is 66.7 Å². The van der Waals surface area contributed by atoms with Gasteiger partial charge in [-0.1, -0.05) is 54.6 Å². The average molecular weight is 600 g/mol. The highest BCUT2D eigenvalue weighted by atomic mass is 16.6. The summed E-state index contributed by atoms with van der Waals surface area (Å²) in [6.07, 6.45) is 5.25. The van der Waals surface area contributed by atoms with Gasteiger partial charge in [-0.25, -0.2) is 14.3 Å². The summed E-state index contributed by atoms with van der Waals surface area (Å²) in [5.41, 5.74) is 4.29. The molecular weight excluding hydrogens is 554 g/mol. The number of urea groups is 1. The van der Waals surface area contributed by atoms with Crippen molar-refractivity contribution < 1.29 is 19.1 Å². The Kier molecular flexibility index (Phi) is 9.74. The molecule has 0 spiro atoms. The zero-order valence-electron chi connectivity index (χ0n) is 26.5. The second kappa shape index (κ2) is 13.7. The number of nitrogens with one attached hydrogen (secondary N) is 2. The highest BCUT2D eigenvalue weighted by Gasteiger charge is 2.36. The maximum absolute atomic E-state index is 13.7. The number of rotatable bonds is 8. The fraction of sp³-hybridized carbons (Fsp3) is 0.457. The third-order valence-corrected chi connectivity index (χ3v) is 8.45. The van der Waals surface area contributed by atoms with Gasteiger partial charge in [0.05, 0.1) is 11.4 Å². The van der Waals surface area contributed by atoms with Gasteiger partial charge in [0.1, 0.15) is 11.4 Å². The maximum Gasteiger partial charge on any atom is 0.410 e. The van der Waals surface area contributed by atoms with Gasteiger partial charge in [-0.15, -0.1) is 0 Å². The molecule has 1 aliphatic heterocycles. The topological polar surface area (TPSA) is 97.7 Å². The van der Waals surface area contributed by atoms with Crippen LogP contribution in [0.3, 0.4) is 0 Å². The number of anilines is 1. The second-order valence-corrected chi connectivity index (χ2v) is 12.8. The number of carbonyl (C=O) groups excluding carboxylic acids is 2. The van der Waals surface area contributed by atoms with Crippen LogP contribution in [0, 0.1) is 12.8 Å². The molecule has 1 aliphatic carbocycles. The number of methoxy groups -OCH3 is 1. The summed E-state index contributed by atoms with van der Waals surface area (Å²) in [4.78, 5) is 28.0. The molecule has 234 valence electrons. The molecular formula is C35H45N5O4. The first kappa shape index (κ1) is 31.3. The fourth-order valence-electron chi connectivity index (χ4n) is 6.28. The molecule has 2 aromatic carbocycles. The summed E-state index contributed by atoms with van der Waals surface area (Å²) >= 11 is 0. The summed E-state index contributed by atoms with van der Waals surface area (Å²) in [7, 11) is 1.74. The summed E-state index contributed by atoms with van der Waals surface area (Å²) in [5.74, 6) is 1.34. The van der Waals surface area contributed by atoms with E-state index < -0.39 is 5.60 Å². The standard InChI is InChI=1S/C35H45N5O4/c1-24-31(27-16-19-39(20-17-27)34(42)44-35(2,3)4)38-40(28-14-10-7-11-15-28)32(24)37-33(41)36-30-23-25(18-21-43-5)22-29(30)26-12-8-6-9-13-26/h6-16,25,29-30H,17-23H2,1-5H3,(H2,36,37,41)/t25-,29-,30+/m0/s1. The molecule has 3 atom stereocenters. The first-order chi connectivity index (χ1) is 21.1. The normalized spacial score (nSPS) is 20.2. The smallest absolute Gasteiger partial charge is 0.410 e. The van der Waals surface area contributed by atoms with E-state index in [1.165, 1.54) is 5.56 Å². The van der Waals surface area contributed by atoms with Gasteiger partial charge in [0.15, 0.2) is 0 Å². The first-order valence-corrected chi connectivity index (χ1v) is 15.6. The van der Waals surface area contributed by atoms with Gasteiger partial charge in [-0.3, -0.25) is 5.32 Å². The zero-order chi connectivity index (χ0) is 31.3. The van der Waals surface area contributed by atoms with Crippen LogP contribution in [-0.4, -0.2) is 65.3 Å². The van der Waals surface area contributed by atoms with Crippen molar-refractivity contribution in [2.75, 3.05) is 32.1 Å². The Morgan fingerprint density at radius 1 is 1.02 bits per heavy atom. The van der Waals surface area contributed by atoms with E-state index in [1.54, 1.807) is 16.7 Å². The summed E-state index contributed by atoms with van der Waals surface area (Å²) in [5, 5.41) is 11.5. The van der Waals surface area contributed by atoms with E-state index in [9.17, 15) is 9.59 Å². The molecule has 2 aliphatic rings. The minimum Gasteiger partial charge on any atom is -0.444 e. The Labute approximate surface area is 260 Å². The average Bonchev–Trinajstić information content (AvgIpc) is 3.56. The van der Waals surface area contributed by atoms with E-state index in [0.717, 1.165) is 41.8 Å². The molecule has 5 rings (SSSR count). The van der Waals surface area contributed by atoms with Crippen molar-refractivity contribution in [3.8, 4) is 5.69 Å². The van der Waals surface area contributed by atoms with Crippen LogP contribution < -0.4 is 10.6 Å². The monoisotopic (exact) mass is 599 g/mol. The van der Waals surface area contributed by atoms with Crippen LogP contribution in [0.25, 0.3) is 11.3 Å². The lowest BCUT2D eigenvalue weighted by Gasteiger charge is -2.29. The number of aromatic nitrogens is 2. The van der Waals surface area contributed by atoms with E-state index in [0.29, 0.717) is 37.9 Å². The van der Waals surface area contributed by atoms with Crippen molar-refractivity contribution in [3.05, 3.63) is 83.6 Å². The molecule has 0 unspecified atom stereocenters. The predicted molar refractivity (Wildman–Crippen MR) is 173 cm³/mol. The van der Waals surface area contributed by atoms with Crippen molar-refractivity contribution in [3.63, 3.8) is 0 Å². The Morgan fingerprint density at radius 2 is 1.73 bits per heavy atom. The van der Waals surface area contributed by atoms with Gasteiger partial charge < -0.3 is 19.7 Å². The van der Waals surface area contributed by atoms with Crippen molar-refractivity contribution in [1.82, 2.24) is 20.0 Å². The largest absolute Gasteiger partial charge is 0.444 e. The van der Waals surface area contributed by atoms with Crippen LogP contribution in [-0.2, 0) is 9.47 Å². The maximum atomic E-state index is 13.7. The Bertz CT molecular complexity index is 1460. The molecule has 0 radical (unpaired) electrons. The highest BCUT2D eigenvalue weighted by molar-refractivity contribution is 5.91. The number of ether oxygens (including phenoxy) is 2. The van der Waals surface area contributed by atoms with Crippen molar-refractivity contribution in [1.29, 1.82) is 0 Å². The van der Waals surface area contributed by atoms with Crippen molar-refractivity contribution >= 4 is 23.5 Å². The van der Waals surface area contributed by atoms with Gasteiger partial charge in [0, 0.05) is 44.3 Å². The Morgan fingerprint density at radius 3 is 2.36 bits per heavy atom. The van der Waals surface area contributed by atoms with Crippen LogP contribution >= 0.6 is 0 Å². The number of para-hydroxylation sites is 1. The molecule has 1 aromatic heterocycles. The van der Waals surface area contributed by atoms with Crippen LogP contribution in [0.4, 0.5) is 15.4 Å². The number of hydrogen-bond acceptors (Lipinski definition) is 5. The van der Waals surface area contributed by atoms with E-state index in [-0.39, 0.29) is 24.1 Å². The van der Waals surface area contributed by atoms with Crippen LogP contribution in [0.1, 0.15) is 69.2 Å².